The average Bonchev–Trinajstić information content (AvgIpc) is 2.33. The molecule has 0 amide bonds. The minimum absolute atomic E-state index is 0.766. The minimum Gasteiger partial charge on any atom is -0.494 e. The lowest BCUT2D eigenvalue weighted by Crippen LogP contribution is -1.98. The largest absolute Gasteiger partial charge is 0.494 e. The Morgan fingerprint density at radius 3 is 2.44 bits per heavy atom. The van der Waals surface area contributed by atoms with Crippen LogP contribution < -0.4 is 4.74 Å². The van der Waals surface area contributed by atoms with Gasteiger partial charge >= 0.3 is 0 Å². The van der Waals surface area contributed by atoms with E-state index in [4.69, 9.17) is 9.47 Å². The van der Waals surface area contributed by atoms with Gasteiger partial charge in [-0.05, 0) is 42.7 Å². The summed E-state index contributed by atoms with van der Waals surface area (Å²) in [7, 11) is 1.72. The van der Waals surface area contributed by atoms with Crippen molar-refractivity contribution < 1.29 is 9.47 Å². The fourth-order valence-corrected chi connectivity index (χ4v) is 1.60. The molecule has 0 heterocycles. The van der Waals surface area contributed by atoms with Crippen LogP contribution in [0, 0.1) is 0 Å². The highest BCUT2D eigenvalue weighted by Gasteiger charge is 1.95. The molecule has 0 atom stereocenters. The first-order valence-electron chi connectivity index (χ1n) is 5.68. The van der Waals surface area contributed by atoms with Crippen LogP contribution in [0.5, 0.6) is 5.75 Å². The maximum atomic E-state index is 5.60. The Hall–Kier alpha value is -0.670. The summed E-state index contributed by atoms with van der Waals surface area (Å²) < 4.78 is 10.6. The molecule has 0 aliphatic heterocycles. The Kier molecular flexibility index (Phi) is 7.10. The maximum Gasteiger partial charge on any atom is 0.119 e. The number of unbranched alkanes of at least 4 members (excludes halogenated alkanes) is 1. The third kappa shape index (κ3) is 5.42. The fraction of sp³-hybridized carbons (Fsp3) is 0.538. The second-order valence-electron chi connectivity index (χ2n) is 3.67. The van der Waals surface area contributed by atoms with Crippen LogP contribution in [0.2, 0.25) is 0 Å². The van der Waals surface area contributed by atoms with Crippen molar-refractivity contribution in [3.05, 3.63) is 29.8 Å². The molecule has 0 aromatic heterocycles. The first-order valence-corrected chi connectivity index (χ1v) is 6.31. The Morgan fingerprint density at radius 1 is 1.06 bits per heavy atom. The van der Waals surface area contributed by atoms with Gasteiger partial charge in [-0.15, -0.1) is 0 Å². The van der Waals surface area contributed by atoms with Crippen LogP contribution in [-0.4, -0.2) is 26.1 Å². The molecule has 1 aromatic carbocycles. The second-order valence-corrected chi connectivity index (χ2v) is 4.11. The lowest BCUT2D eigenvalue weighted by molar-refractivity contribution is 0.202. The average molecular weight is 240 g/mol. The first-order chi connectivity index (χ1) is 7.86. The lowest BCUT2D eigenvalue weighted by Gasteiger charge is -2.06. The van der Waals surface area contributed by atoms with Gasteiger partial charge in [-0.1, -0.05) is 12.1 Å². The molecular weight excluding hydrogens is 220 g/mol. The van der Waals surface area contributed by atoms with Gasteiger partial charge in [-0.25, -0.2) is 0 Å². The van der Waals surface area contributed by atoms with Gasteiger partial charge in [0, 0.05) is 7.11 Å². The van der Waals surface area contributed by atoms with Crippen LogP contribution in [-0.2, 0) is 11.2 Å². The fourth-order valence-electron chi connectivity index (χ4n) is 1.38. The van der Waals surface area contributed by atoms with Gasteiger partial charge in [0.2, 0.25) is 0 Å². The zero-order valence-electron chi connectivity index (χ0n) is 9.82. The molecule has 1 rings (SSSR count). The van der Waals surface area contributed by atoms with Gasteiger partial charge in [-0.2, -0.15) is 12.6 Å². The van der Waals surface area contributed by atoms with Crippen molar-refractivity contribution in [2.24, 2.45) is 0 Å². The molecule has 0 saturated carbocycles. The van der Waals surface area contributed by atoms with Gasteiger partial charge in [-0.3, -0.25) is 0 Å². The topological polar surface area (TPSA) is 18.5 Å². The van der Waals surface area contributed by atoms with E-state index < -0.39 is 0 Å². The molecule has 0 fully saturated rings. The Labute approximate surface area is 103 Å². The van der Waals surface area contributed by atoms with E-state index in [2.05, 4.69) is 24.8 Å². The van der Waals surface area contributed by atoms with Crippen LogP contribution in [0.15, 0.2) is 24.3 Å². The smallest absolute Gasteiger partial charge is 0.119 e. The Morgan fingerprint density at radius 2 is 1.81 bits per heavy atom. The molecule has 90 valence electrons. The van der Waals surface area contributed by atoms with Crippen LogP contribution in [0.3, 0.4) is 0 Å². The zero-order valence-corrected chi connectivity index (χ0v) is 10.7. The van der Waals surface area contributed by atoms with Crippen molar-refractivity contribution in [2.45, 2.75) is 19.3 Å². The van der Waals surface area contributed by atoms with E-state index in [1.165, 1.54) is 5.56 Å². The molecule has 16 heavy (non-hydrogen) atoms. The number of hydrogen-bond acceptors (Lipinski definition) is 3. The predicted molar refractivity (Wildman–Crippen MR) is 70.6 cm³/mol. The number of hydrogen-bond donors (Lipinski definition) is 1. The summed E-state index contributed by atoms with van der Waals surface area (Å²) in [5.41, 5.74) is 1.28. The number of benzene rings is 1. The van der Waals surface area contributed by atoms with E-state index in [-0.39, 0.29) is 0 Å². The molecule has 0 radical (unpaired) electrons. The van der Waals surface area contributed by atoms with Gasteiger partial charge in [0.05, 0.1) is 13.2 Å². The zero-order chi connectivity index (χ0) is 11.6. The number of rotatable bonds is 8. The third-order valence-corrected chi connectivity index (χ3v) is 2.66. The summed E-state index contributed by atoms with van der Waals surface area (Å²) in [6.07, 6.45) is 3.13. The van der Waals surface area contributed by atoms with Crippen LogP contribution in [0.4, 0.5) is 0 Å². The standard InChI is InChI=1S/C13H20O2S/c1-14-10-8-12-4-6-13(7-5-12)15-9-2-3-11-16/h4-7,16H,2-3,8-11H2,1H3. The van der Waals surface area contributed by atoms with Crippen LogP contribution >= 0.6 is 12.6 Å². The summed E-state index contributed by atoms with van der Waals surface area (Å²) in [5, 5.41) is 0. The highest BCUT2D eigenvalue weighted by Crippen LogP contribution is 2.13. The van der Waals surface area contributed by atoms with E-state index in [1.807, 2.05) is 12.1 Å². The molecular formula is C13H20O2S. The molecule has 0 bridgehead atoms. The normalized spacial score (nSPS) is 10.4. The van der Waals surface area contributed by atoms with Gasteiger partial charge in [0.25, 0.3) is 0 Å². The summed E-state index contributed by atoms with van der Waals surface area (Å²) in [5.74, 6) is 1.87. The van der Waals surface area contributed by atoms with E-state index >= 15 is 0 Å². The summed E-state index contributed by atoms with van der Waals surface area (Å²) in [4.78, 5) is 0. The highest BCUT2D eigenvalue weighted by atomic mass is 32.1. The van der Waals surface area contributed by atoms with Gasteiger partial charge in [0.1, 0.15) is 5.75 Å². The SMILES string of the molecule is COCCc1ccc(OCCCCS)cc1. The van der Waals surface area contributed by atoms with Crippen molar-refractivity contribution in [3.63, 3.8) is 0 Å². The van der Waals surface area contributed by atoms with Crippen LogP contribution in [0.25, 0.3) is 0 Å². The van der Waals surface area contributed by atoms with Crippen molar-refractivity contribution in [1.82, 2.24) is 0 Å². The molecule has 0 aliphatic carbocycles. The second kappa shape index (κ2) is 8.48. The highest BCUT2D eigenvalue weighted by molar-refractivity contribution is 7.80. The molecule has 0 N–H and O–H groups in total. The van der Waals surface area contributed by atoms with Crippen molar-refractivity contribution >= 4 is 12.6 Å². The van der Waals surface area contributed by atoms with Gasteiger partial charge < -0.3 is 9.47 Å². The maximum absolute atomic E-state index is 5.60. The third-order valence-electron chi connectivity index (χ3n) is 2.34. The molecule has 0 aliphatic rings. The number of methoxy groups -OCH3 is 1. The molecule has 0 spiro atoms. The van der Waals surface area contributed by atoms with Crippen molar-refractivity contribution in [3.8, 4) is 5.75 Å². The van der Waals surface area contributed by atoms with E-state index in [9.17, 15) is 0 Å². The lowest BCUT2D eigenvalue weighted by atomic mass is 10.1. The first kappa shape index (κ1) is 13.4. The van der Waals surface area contributed by atoms with Gasteiger partial charge in [0.15, 0.2) is 0 Å². The summed E-state index contributed by atoms with van der Waals surface area (Å²) in [6.45, 7) is 1.54. The predicted octanol–water partition coefficient (Wildman–Crippen LogP) is 2.96. The Balaban J connectivity index is 2.27. The monoisotopic (exact) mass is 240 g/mol. The minimum atomic E-state index is 0.766. The van der Waals surface area contributed by atoms with E-state index in [0.29, 0.717) is 0 Å². The molecule has 3 heteroatoms. The number of ether oxygens (including phenoxy) is 2. The van der Waals surface area contributed by atoms with E-state index in [1.54, 1.807) is 7.11 Å². The summed E-state index contributed by atoms with van der Waals surface area (Å²) in [6, 6.07) is 8.22. The molecule has 1 aromatic rings. The molecule has 0 unspecified atom stereocenters. The quantitative estimate of drug-likeness (QED) is 0.556. The van der Waals surface area contributed by atoms with E-state index in [0.717, 1.165) is 44.0 Å². The van der Waals surface area contributed by atoms with Crippen molar-refractivity contribution in [1.29, 1.82) is 0 Å². The molecule has 0 saturated heterocycles. The molecule has 2 nitrogen and oxygen atoms in total. The Bertz CT molecular complexity index is 272. The summed E-state index contributed by atoms with van der Waals surface area (Å²) >= 11 is 4.16. The number of thiol groups is 1. The van der Waals surface area contributed by atoms with Crippen molar-refractivity contribution in [2.75, 3.05) is 26.1 Å². The van der Waals surface area contributed by atoms with Crippen LogP contribution in [0.1, 0.15) is 18.4 Å².